The molecule has 12 heteroatoms. The number of amides is 2. The van der Waals surface area contributed by atoms with E-state index in [-0.39, 0.29) is 35.0 Å². The van der Waals surface area contributed by atoms with Gasteiger partial charge in [0.25, 0.3) is 11.8 Å². The molecule has 3 aromatic rings. The lowest BCUT2D eigenvalue weighted by atomic mass is 10.1. The number of hydrogen-bond acceptors (Lipinski definition) is 8. The molecule has 0 radical (unpaired) electrons. The van der Waals surface area contributed by atoms with E-state index in [1.165, 1.54) is 18.6 Å². The first-order valence-corrected chi connectivity index (χ1v) is 12.1. The zero-order chi connectivity index (χ0) is 23.4. The van der Waals surface area contributed by atoms with Crippen molar-refractivity contribution in [3.8, 4) is 0 Å². The van der Waals surface area contributed by atoms with Crippen LogP contribution in [0.1, 0.15) is 39.3 Å². The minimum absolute atomic E-state index is 0.0229. The van der Waals surface area contributed by atoms with Gasteiger partial charge in [0.2, 0.25) is 0 Å². The predicted molar refractivity (Wildman–Crippen MR) is 121 cm³/mol. The Kier molecular flexibility index (Phi) is 6.36. The summed E-state index contributed by atoms with van der Waals surface area (Å²) in [5.41, 5.74) is 7.41. The molecule has 1 aliphatic rings. The van der Waals surface area contributed by atoms with Gasteiger partial charge in [-0.1, -0.05) is 12.1 Å². The zero-order valence-corrected chi connectivity index (χ0v) is 18.5. The number of nitrogens with zero attached hydrogens (tertiary/aromatic N) is 4. The Morgan fingerprint density at radius 2 is 2.00 bits per heavy atom. The molecular formula is C21H23N7O4S. The van der Waals surface area contributed by atoms with E-state index in [1.54, 1.807) is 29.1 Å². The topological polar surface area (TPSA) is 162 Å². The van der Waals surface area contributed by atoms with Crippen molar-refractivity contribution in [2.24, 2.45) is 0 Å². The van der Waals surface area contributed by atoms with Gasteiger partial charge in [-0.3, -0.25) is 14.3 Å². The highest BCUT2D eigenvalue weighted by molar-refractivity contribution is 7.91. The molecule has 172 valence electrons. The first kappa shape index (κ1) is 22.4. The Balaban J connectivity index is 1.39. The predicted octanol–water partition coefficient (Wildman–Crippen LogP) is 0.863. The zero-order valence-electron chi connectivity index (χ0n) is 17.6. The van der Waals surface area contributed by atoms with Gasteiger partial charge in [-0.2, -0.15) is 5.10 Å². The van der Waals surface area contributed by atoms with Crippen LogP contribution >= 0.6 is 0 Å². The van der Waals surface area contributed by atoms with E-state index >= 15 is 0 Å². The quantitative estimate of drug-likeness (QED) is 0.479. The van der Waals surface area contributed by atoms with E-state index in [9.17, 15) is 18.0 Å². The van der Waals surface area contributed by atoms with Crippen molar-refractivity contribution >= 4 is 33.2 Å². The lowest BCUT2D eigenvalue weighted by Crippen LogP contribution is -2.43. The molecule has 1 unspecified atom stereocenters. The minimum Gasteiger partial charge on any atom is -0.382 e. The molecule has 2 amide bonds. The highest BCUT2D eigenvalue weighted by atomic mass is 32.2. The van der Waals surface area contributed by atoms with Gasteiger partial charge in [0, 0.05) is 30.2 Å². The van der Waals surface area contributed by atoms with Crippen LogP contribution in [0.3, 0.4) is 0 Å². The number of anilines is 2. The van der Waals surface area contributed by atoms with Gasteiger partial charge >= 0.3 is 0 Å². The van der Waals surface area contributed by atoms with Crippen molar-refractivity contribution in [2.75, 3.05) is 22.6 Å². The summed E-state index contributed by atoms with van der Waals surface area (Å²) in [7, 11) is -3.11. The van der Waals surface area contributed by atoms with E-state index in [0.717, 1.165) is 5.56 Å². The molecule has 0 saturated carbocycles. The van der Waals surface area contributed by atoms with E-state index in [2.05, 4.69) is 25.7 Å². The first-order chi connectivity index (χ1) is 15.8. The first-order valence-electron chi connectivity index (χ1n) is 10.3. The molecule has 1 aromatic carbocycles. The second kappa shape index (κ2) is 9.36. The molecule has 1 aliphatic heterocycles. The number of hydrogen-bond donors (Lipinski definition) is 3. The van der Waals surface area contributed by atoms with Gasteiger partial charge in [0.05, 0.1) is 29.9 Å². The van der Waals surface area contributed by atoms with Crippen LogP contribution < -0.4 is 16.4 Å². The van der Waals surface area contributed by atoms with E-state index in [1.807, 2.05) is 6.07 Å². The number of sulfone groups is 1. The fraction of sp³-hybridized carbons (Fsp3) is 0.286. The summed E-state index contributed by atoms with van der Waals surface area (Å²) in [5, 5.41) is 9.72. The van der Waals surface area contributed by atoms with Gasteiger partial charge in [-0.15, -0.1) is 0 Å². The molecule has 11 nitrogen and oxygen atoms in total. The molecule has 3 heterocycles. The number of benzene rings is 1. The standard InChI is InChI=1S/C21H23N7O4S/c22-19-18(23-6-7-24-19)21(30)27-17-10-25-28(12-17)11-14-3-1-4-15(9-14)20(29)26-16-5-2-8-33(31,32)13-16/h1,3-4,6-7,9-10,12,16H,2,5,8,11,13H2,(H2,22,24)(H,26,29)(H,27,30). The van der Waals surface area contributed by atoms with Crippen molar-refractivity contribution in [1.29, 1.82) is 0 Å². The van der Waals surface area contributed by atoms with Crippen LogP contribution in [0.5, 0.6) is 0 Å². The van der Waals surface area contributed by atoms with Crippen LogP contribution in [0, 0.1) is 0 Å². The number of nitrogens with two attached hydrogens (primary N) is 1. The summed E-state index contributed by atoms with van der Waals surface area (Å²) in [6, 6.07) is 6.64. The van der Waals surface area contributed by atoms with Crippen molar-refractivity contribution in [1.82, 2.24) is 25.1 Å². The molecule has 1 atom stereocenters. The molecule has 4 N–H and O–H groups in total. The average Bonchev–Trinajstić information content (AvgIpc) is 3.20. The average molecular weight is 470 g/mol. The number of nitrogen functional groups attached to an aromatic ring is 1. The molecule has 0 spiro atoms. The Labute approximate surface area is 190 Å². The van der Waals surface area contributed by atoms with Gasteiger partial charge in [-0.05, 0) is 30.5 Å². The third kappa shape index (κ3) is 5.71. The highest BCUT2D eigenvalue weighted by Crippen LogP contribution is 2.15. The van der Waals surface area contributed by atoms with Crippen LogP contribution in [0.25, 0.3) is 0 Å². The molecule has 1 saturated heterocycles. The van der Waals surface area contributed by atoms with Gasteiger partial charge in [-0.25, -0.2) is 18.4 Å². The Bertz CT molecular complexity index is 1290. The SMILES string of the molecule is Nc1nccnc1C(=O)Nc1cnn(Cc2cccc(C(=O)NC3CCCS(=O)(=O)C3)c2)c1. The maximum absolute atomic E-state index is 12.6. The van der Waals surface area contributed by atoms with E-state index in [4.69, 9.17) is 5.73 Å². The molecule has 2 aromatic heterocycles. The normalized spacial score (nSPS) is 17.3. The van der Waals surface area contributed by atoms with Crippen LogP contribution in [0.4, 0.5) is 11.5 Å². The van der Waals surface area contributed by atoms with E-state index < -0.39 is 15.7 Å². The lowest BCUT2D eigenvalue weighted by molar-refractivity contribution is 0.0937. The molecular weight excluding hydrogens is 446 g/mol. The summed E-state index contributed by atoms with van der Waals surface area (Å²) in [4.78, 5) is 32.7. The summed E-state index contributed by atoms with van der Waals surface area (Å²) >= 11 is 0. The smallest absolute Gasteiger partial charge is 0.278 e. The molecule has 1 fully saturated rings. The second-order valence-corrected chi connectivity index (χ2v) is 10.0. The number of carbonyl (C=O) groups is 2. The number of nitrogens with one attached hydrogen (secondary N) is 2. The molecule has 4 rings (SSSR count). The van der Waals surface area contributed by atoms with Gasteiger partial charge < -0.3 is 16.4 Å². The monoisotopic (exact) mass is 469 g/mol. The van der Waals surface area contributed by atoms with Crippen molar-refractivity contribution < 1.29 is 18.0 Å². The third-order valence-corrected chi connectivity index (χ3v) is 6.99. The Morgan fingerprint density at radius 1 is 1.18 bits per heavy atom. The molecule has 33 heavy (non-hydrogen) atoms. The van der Waals surface area contributed by atoms with Crippen LogP contribution in [0.2, 0.25) is 0 Å². The van der Waals surface area contributed by atoms with Crippen molar-refractivity contribution in [3.63, 3.8) is 0 Å². The van der Waals surface area contributed by atoms with Crippen LogP contribution in [-0.2, 0) is 16.4 Å². The molecule has 0 aliphatic carbocycles. The number of aromatic nitrogens is 4. The summed E-state index contributed by atoms with van der Waals surface area (Å²) < 4.78 is 25.2. The van der Waals surface area contributed by atoms with Crippen molar-refractivity contribution in [2.45, 2.75) is 25.4 Å². The maximum atomic E-state index is 12.6. The second-order valence-electron chi connectivity index (χ2n) is 7.80. The minimum atomic E-state index is -3.11. The largest absolute Gasteiger partial charge is 0.382 e. The Hall–Kier alpha value is -3.80. The van der Waals surface area contributed by atoms with Crippen molar-refractivity contribution in [3.05, 3.63) is 65.9 Å². The van der Waals surface area contributed by atoms with E-state index in [0.29, 0.717) is 30.6 Å². The summed E-state index contributed by atoms with van der Waals surface area (Å²) in [6.07, 6.45) is 7.11. The Morgan fingerprint density at radius 3 is 2.79 bits per heavy atom. The molecule has 0 bridgehead atoms. The fourth-order valence-electron chi connectivity index (χ4n) is 3.63. The lowest BCUT2D eigenvalue weighted by Gasteiger charge is -2.23. The van der Waals surface area contributed by atoms with Crippen LogP contribution in [0.15, 0.2) is 49.1 Å². The third-order valence-electron chi connectivity index (χ3n) is 5.16. The van der Waals surface area contributed by atoms with Gasteiger partial charge in [0.1, 0.15) is 0 Å². The summed E-state index contributed by atoms with van der Waals surface area (Å²) in [5.74, 6) is -0.630. The highest BCUT2D eigenvalue weighted by Gasteiger charge is 2.26. The fourth-order valence-corrected chi connectivity index (χ4v) is 5.27. The van der Waals surface area contributed by atoms with Crippen LogP contribution in [-0.4, -0.2) is 57.5 Å². The number of rotatable bonds is 6. The maximum Gasteiger partial charge on any atom is 0.278 e. The summed E-state index contributed by atoms with van der Waals surface area (Å²) in [6.45, 7) is 0.363. The van der Waals surface area contributed by atoms with Gasteiger partial charge in [0.15, 0.2) is 21.3 Å². The number of carbonyl (C=O) groups excluding carboxylic acids is 2.